The van der Waals surface area contributed by atoms with E-state index in [1.165, 1.54) is 54.6 Å². The van der Waals surface area contributed by atoms with Crippen molar-refractivity contribution in [3.63, 3.8) is 0 Å². The quantitative estimate of drug-likeness (QED) is 0.913. The Morgan fingerprint density at radius 1 is 1.32 bits per heavy atom. The number of nitrogens with one attached hydrogen (secondary N) is 1. The van der Waals surface area contributed by atoms with Crippen molar-refractivity contribution >= 4 is 11.0 Å². The van der Waals surface area contributed by atoms with Crippen LogP contribution in [0.3, 0.4) is 0 Å². The fraction of sp³-hybridized carbons (Fsp3) is 0.562. The average Bonchev–Trinajstić information content (AvgIpc) is 2.97. The summed E-state index contributed by atoms with van der Waals surface area (Å²) < 4.78 is 2.51. The molecule has 1 aliphatic carbocycles. The zero-order valence-corrected chi connectivity index (χ0v) is 11.5. The lowest BCUT2D eigenvalue weighted by atomic mass is 10.1. The van der Waals surface area contributed by atoms with Gasteiger partial charge >= 0.3 is 0 Å². The van der Waals surface area contributed by atoms with Gasteiger partial charge in [0.05, 0.1) is 11.0 Å². The Morgan fingerprint density at radius 2 is 2.21 bits per heavy atom. The van der Waals surface area contributed by atoms with Crippen LogP contribution in [0.25, 0.3) is 11.0 Å². The number of hydrogen-bond donors (Lipinski definition) is 1. The summed E-state index contributed by atoms with van der Waals surface area (Å²) in [6.07, 6.45) is 6.35. The van der Waals surface area contributed by atoms with Crippen molar-refractivity contribution < 1.29 is 0 Å². The Kier molecular flexibility index (Phi) is 2.62. The molecule has 4 rings (SSSR count). The molecule has 1 aromatic carbocycles. The SMILES string of the molecule is Cc1ccc2c(c1)nc(CC1CCCN1)n2C1CC1. The van der Waals surface area contributed by atoms with Crippen molar-refractivity contribution in [1.82, 2.24) is 14.9 Å². The molecule has 3 heteroatoms. The molecule has 1 atom stereocenters. The molecule has 1 saturated carbocycles. The predicted octanol–water partition coefficient (Wildman–Crippen LogP) is 2.97. The monoisotopic (exact) mass is 255 g/mol. The van der Waals surface area contributed by atoms with Crippen LogP contribution in [0.15, 0.2) is 18.2 Å². The Hall–Kier alpha value is -1.35. The number of fused-ring (bicyclic) bond motifs is 1. The van der Waals surface area contributed by atoms with E-state index in [2.05, 4.69) is 35.0 Å². The van der Waals surface area contributed by atoms with Gasteiger partial charge in [0, 0.05) is 18.5 Å². The van der Waals surface area contributed by atoms with Crippen molar-refractivity contribution in [3.8, 4) is 0 Å². The molecule has 1 aromatic heterocycles. The summed E-state index contributed by atoms with van der Waals surface area (Å²) in [6, 6.07) is 8.03. The lowest BCUT2D eigenvalue weighted by Crippen LogP contribution is -2.25. The highest BCUT2D eigenvalue weighted by atomic mass is 15.1. The van der Waals surface area contributed by atoms with Gasteiger partial charge in [-0.1, -0.05) is 6.07 Å². The third-order valence-corrected chi connectivity index (χ3v) is 4.42. The topological polar surface area (TPSA) is 29.9 Å². The van der Waals surface area contributed by atoms with E-state index in [0.29, 0.717) is 12.1 Å². The smallest absolute Gasteiger partial charge is 0.111 e. The van der Waals surface area contributed by atoms with Gasteiger partial charge in [-0.2, -0.15) is 0 Å². The number of nitrogens with zero attached hydrogens (tertiary/aromatic N) is 2. The van der Waals surface area contributed by atoms with Crippen LogP contribution in [-0.2, 0) is 6.42 Å². The summed E-state index contributed by atoms with van der Waals surface area (Å²) in [4.78, 5) is 4.92. The molecule has 0 spiro atoms. The van der Waals surface area contributed by atoms with Crippen LogP contribution >= 0.6 is 0 Å². The Morgan fingerprint density at radius 3 is 2.95 bits per heavy atom. The highest BCUT2D eigenvalue weighted by molar-refractivity contribution is 5.77. The van der Waals surface area contributed by atoms with Crippen molar-refractivity contribution in [2.75, 3.05) is 6.54 Å². The number of benzene rings is 1. The first-order valence-corrected chi connectivity index (χ1v) is 7.52. The van der Waals surface area contributed by atoms with Gasteiger partial charge in [0.15, 0.2) is 0 Å². The maximum Gasteiger partial charge on any atom is 0.111 e. The van der Waals surface area contributed by atoms with Gasteiger partial charge in [0.1, 0.15) is 5.82 Å². The molecule has 1 N–H and O–H groups in total. The number of hydrogen-bond acceptors (Lipinski definition) is 2. The molecule has 2 aliphatic rings. The standard InChI is InChI=1S/C16H21N3/c1-11-4-7-15-14(9-11)18-16(19(15)13-5-6-13)10-12-3-2-8-17-12/h4,7,9,12-13,17H,2-3,5-6,8,10H2,1H3. The molecule has 1 aliphatic heterocycles. The van der Waals surface area contributed by atoms with E-state index in [1.54, 1.807) is 0 Å². The van der Waals surface area contributed by atoms with Gasteiger partial charge in [-0.05, 0) is 56.8 Å². The minimum Gasteiger partial charge on any atom is -0.325 e. The largest absolute Gasteiger partial charge is 0.325 e. The van der Waals surface area contributed by atoms with Crippen LogP contribution in [0.4, 0.5) is 0 Å². The molecule has 0 radical (unpaired) electrons. The van der Waals surface area contributed by atoms with E-state index in [0.717, 1.165) is 6.42 Å². The molecule has 2 heterocycles. The van der Waals surface area contributed by atoms with Crippen LogP contribution in [0, 0.1) is 6.92 Å². The van der Waals surface area contributed by atoms with E-state index in [4.69, 9.17) is 4.98 Å². The van der Waals surface area contributed by atoms with Crippen molar-refractivity contribution in [1.29, 1.82) is 0 Å². The highest BCUT2D eigenvalue weighted by Gasteiger charge is 2.29. The van der Waals surface area contributed by atoms with Crippen LogP contribution in [-0.4, -0.2) is 22.1 Å². The first-order chi connectivity index (χ1) is 9.31. The summed E-state index contributed by atoms with van der Waals surface area (Å²) in [5.74, 6) is 1.29. The molecular formula is C16H21N3. The summed E-state index contributed by atoms with van der Waals surface area (Å²) in [5, 5.41) is 3.59. The summed E-state index contributed by atoms with van der Waals surface area (Å²) in [5.41, 5.74) is 3.82. The molecule has 3 nitrogen and oxygen atoms in total. The number of imidazole rings is 1. The van der Waals surface area contributed by atoms with Gasteiger partial charge in [0.25, 0.3) is 0 Å². The van der Waals surface area contributed by atoms with Crippen molar-refractivity contribution in [2.24, 2.45) is 0 Å². The minimum atomic E-state index is 0.635. The second-order valence-corrected chi connectivity index (χ2v) is 6.12. The summed E-state index contributed by atoms with van der Waals surface area (Å²) in [7, 11) is 0. The summed E-state index contributed by atoms with van der Waals surface area (Å²) in [6.45, 7) is 3.32. The number of rotatable bonds is 3. The second-order valence-electron chi connectivity index (χ2n) is 6.12. The summed E-state index contributed by atoms with van der Waals surface area (Å²) >= 11 is 0. The van der Waals surface area contributed by atoms with E-state index in [1.807, 2.05) is 0 Å². The lowest BCUT2D eigenvalue weighted by molar-refractivity contribution is 0.562. The zero-order valence-electron chi connectivity index (χ0n) is 11.5. The maximum atomic E-state index is 4.92. The molecule has 19 heavy (non-hydrogen) atoms. The highest BCUT2D eigenvalue weighted by Crippen LogP contribution is 2.39. The number of aryl methyl sites for hydroxylation is 1. The molecule has 0 amide bonds. The van der Waals surface area contributed by atoms with Crippen molar-refractivity contribution in [2.45, 2.75) is 51.1 Å². The third kappa shape index (κ3) is 2.06. The fourth-order valence-electron chi connectivity index (χ4n) is 3.29. The van der Waals surface area contributed by atoms with E-state index in [9.17, 15) is 0 Å². The van der Waals surface area contributed by atoms with Gasteiger partial charge in [0.2, 0.25) is 0 Å². The third-order valence-electron chi connectivity index (χ3n) is 4.42. The predicted molar refractivity (Wildman–Crippen MR) is 77.5 cm³/mol. The molecule has 2 fully saturated rings. The second kappa shape index (κ2) is 4.34. The van der Waals surface area contributed by atoms with Crippen LogP contribution in [0.2, 0.25) is 0 Å². The molecule has 100 valence electrons. The van der Waals surface area contributed by atoms with E-state index >= 15 is 0 Å². The lowest BCUT2D eigenvalue weighted by Gasteiger charge is -2.12. The van der Waals surface area contributed by atoms with E-state index in [-0.39, 0.29) is 0 Å². The maximum absolute atomic E-state index is 4.92. The van der Waals surface area contributed by atoms with Gasteiger partial charge in [-0.15, -0.1) is 0 Å². The average molecular weight is 255 g/mol. The zero-order chi connectivity index (χ0) is 12.8. The van der Waals surface area contributed by atoms with Crippen molar-refractivity contribution in [3.05, 3.63) is 29.6 Å². The normalized spacial score (nSPS) is 23.3. The molecule has 1 unspecified atom stereocenters. The van der Waals surface area contributed by atoms with Crippen LogP contribution in [0.1, 0.15) is 43.1 Å². The Labute approximate surface area is 114 Å². The molecular weight excluding hydrogens is 234 g/mol. The molecule has 2 aromatic rings. The van der Waals surface area contributed by atoms with Gasteiger partial charge < -0.3 is 9.88 Å². The van der Waals surface area contributed by atoms with E-state index < -0.39 is 0 Å². The van der Waals surface area contributed by atoms with Crippen LogP contribution in [0.5, 0.6) is 0 Å². The molecule has 0 bridgehead atoms. The first-order valence-electron chi connectivity index (χ1n) is 7.52. The number of aromatic nitrogens is 2. The van der Waals surface area contributed by atoms with Crippen LogP contribution < -0.4 is 5.32 Å². The van der Waals surface area contributed by atoms with Gasteiger partial charge in [-0.3, -0.25) is 0 Å². The fourth-order valence-corrected chi connectivity index (χ4v) is 3.29. The molecule has 1 saturated heterocycles. The first kappa shape index (κ1) is 11.5. The Bertz CT molecular complexity index is 604. The van der Waals surface area contributed by atoms with Gasteiger partial charge in [-0.25, -0.2) is 4.98 Å². The minimum absolute atomic E-state index is 0.635. The Balaban J connectivity index is 1.77.